The number of furan rings is 1. The van der Waals surface area contributed by atoms with Crippen LogP contribution in [0.5, 0.6) is 5.75 Å². The molecule has 1 aliphatic rings. The highest BCUT2D eigenvalue weighted by Crippen LogP contribution is 2.29. The predicted molar refractivity (Wildman–Crippen MR) is 92.8 cm³/mol. The number of likely N-dealkylation sites (tertiary alicyclic amines) is 1. The molecule has 1 atom stereocenters. The second-order valence-electron chi connectivity index (χ2n) is 6.58. The lowest BCUT2D eigenvalue weighted by Crippen LogP contribution is -2.41. The maximum atomic E-state index is 12.3. The number of methoxy groups -OCH3 is 1. The zero-order valence-corrected chi connectivity index (χ0v) is 14.8. The van der Waals surface area contributed by atoms with Gasteiger partial charge in [-0.2, -0.15) is 0 Å². The molecule has 0 spiro atoms. The summed E-state index contributed by atoms with van der Waals surface area (Å²) in [6, 6.07) is 5.32. The number of amides is 1. The average molecular weight is 345 g/mol. The molecule has 6 nitrogen and oxygen atoms in total. The van der Waals surface area contributed by atoms with E-state index in [-0.39, 0.29) is 18.3 Å². The fourth-order valence-corrected chi connectivity index (χ4v) is 3.22. The predicted octanol–water partition coefficient (Wildman–Crippen LogP) is 3.17. The number of esters is 1. The highest BCUT2D eigenvalue weighted by molar-refractivity contribution is 5.97. The van der Waals surface area contributed by atoms with Gasteiger partial charge in [-0.1, -0.05) is 6.92 Å². The molecule has 1 aromatic carbocycles. The van der Waals surface area contributed by atoms with Gasteiger partial charge in [0.2, 0.25) is 5.76 Å². The van der Waals surface area contributed by atoms with Crippen molar-refractivity contribution in [1.82, 2.24) is 4.90 Å². The van der Waals surface area contributed by atoms with Gasteiger partial charge in [0.1, 0.15) is 11.3 Å². The lowest BCUT2D eigenvalue weighted by atomic mass is 10.0. The maximum Gasteiger partial charge on any atom is 0.375 e. The molecule has 25 heavy (non-hydrogen) atoms. The molecule has 0 aliphatic carbocycles. The lowest BCUT2D eigenvalue weighted by Gasteiger charge is -2.30. The first kappa shape index (κ1) is 17.3. The number of aryl methyl sites for hydroxylation is 1. The van der Waals surface area contributed by atoms with Crippen LogP contribution < -0.4 is 4.74 Å². The van der Waals surface area contributed by atoms with Crippen molar-refractivity contribution in [1.29, 1.82) is 0 Å². The minimum absolute atomic E-state index is 0.128. The third-order valence-electron chi connectivity index (χ3n) is 4.67. The Balaban J connectivity index is 1.68. The number of carbonyl (C=O) groups is 2. The van der Waals surface area contributed by atoms with Crippen molar-refractivity contribution >= 4 is 22.8 Å². The van der Waals surface area contributed by atoms with Gasteiger partial charge in [-0.3, -0.25) is 4.79 Å². The van der Waals surface area contributed by atoms with Crippen molar-refractivity contribution in [2.75, 3.05) is 26.8 Å². The van der Waals surface area contributed by atoms with Gasteiger partial charge >= 0.3 is 5.97 Å². The average Bonchev–Trinajstić information content (AvgIpc) is 2.95. The van der Waals surface area contributed by atoms with Crippen LogP contribution in [0.25, 0.3) is 11.0 Å². The van der Waals surface area contributed by atoms with E-state index in [9.17, 15) is 9.59 Å². The van der Waals surface area contributed by atoms with Crippen LogP contribution in [-0.4, -0.2) is 43.6 Å². The molecule has 1 amide bonds. The first-order valence-corrected chi connectivity index (χ1v) is 8.51. The Labute approximate surface area is 146 Å². The van der Waals surface area contributed by atoms with Gasteiger partial charge in [-0.25, -0.2) is 4.79 Å². The Bertz CT molecular complexity index is 794. The number of carbonyl (C=O) groups excluding carboxylic acids is 2. The number of piperidine rings is 1. The highest BCUT2D eigenvalue weighted by Gasteiger charge is 2.24. The molecule has 2 aromatic rings. The van der Waals surface area contributed by atoms with Gasteiger partial charge in [0.15, 0.2) is 6.61 Å². The number of rotatable bonds is 4. The fraction of sp³-hybridized carbons (Fsp3) is 0.474. The molecule has 0 radical (unpaired) electrons. The molecule has 1 fully saturated rings. The SMILES string of the molecule is COc1ccc2oc(C(=O)OCC(=O)N3CCC[C@@H](C)C3)c(C)c2c1. The summed E-state index contributed by atoms with van der Waals surface area (Å²) in [5.74, 6) is 0.524. The maximum absolute atomic E-state index is 12.3. The van der Waals surface area contributed by atoms with E-state index in [2.05, 4.69) is 6.92 Å². The summed E-state index contributed by atoms with van der Waals surface area (Å²) in [6.07, 6.45) is 2.12. The van der Waals surface area contributed by atoms with Crippen LogP contribution in [0, 0.1) is 12.8 Å². The lowest BCUT2D eigenvalue weighted by molar-refractivity contribution is -0.136. The summed E-state index contributed by atoms with van der Waals surface area (Å²) in [6.45, 7) is 5.10. The molecule has 3 rings (SSSR count). The zero-order valence-electron chi connectivity index (χ0n) is 14.8. The standard InChI is InChI=1S/C19H23NO5/c1-12-5-4-8-20(10-12)17(21)11-24-19(22)18-13(2)15-9-14(23-3)6-7-16(15)25-18/h6-7,9,12H,4-5,8,10-11H2,1-3H3/t12-/m1/s1. The Hall–Kier alpha value is -2.50. The van der Waals surface area contributed by atoms with E-state index in [1.165, 1.54) is 0 Å². The number of benzene rings is 1. The smallest absolute Gasteiger partial charge is 0.375 e. The van der Waals surface area contributed by atoms with Gasteiger partial charge in [-0.15, -0.1) is 0 Å². The Kier molecular flexibility index (Phi) is 4.97. The van der Waals surface area contributed by atoms with Crippen LogP contribution >= 0.6 is 0 Å². The monoisotopic (exact) mass is 345 g/mol. The third-order valence-corrected chi connectivity index (χ3v) is 4.67. The van der Waals surface area contributed by atoms with Crippen LogP contribution in [0.3, 0.4) is 0 Å². The molecule has 0 N–H and O–H groups in total. The fourth-order valence-electron chi connectivity index (χ4n) is 3.22. The van der Waals surface area contributed by atoms with Gasteiger partial charge in [0.05, 0.1) is 7.11 Å². The van der Waals surface area contributed by atoms with E-state index in [0.29, 0.717) is 22.8 Å². The number of hydrogen-bond donors (Lipinski definition) is 0. The largest absolute Gasteiger partial charge is 0.497 e. The van der Waals surface area contributed by atoms with Gasteiger partial charge < -0.3 is 18.8 Å². The second-order valence-corrected chi connectivity index (χ2v) is 6.58. The molecule has 0 saturated carbocycles. The normalized spacial score (nSPS) is 17.6. The van der Waals surface area contributed by atoms with E-state index in [1.807, 2.05) is 6.07 Å². The summed E-state index contributed by atoms with van der Waals surface area (Å²) < 4.78 is 16.0. The Morgan fingerprint density at radius 3 is 2.88 bits per heavy atom. The van der Waals surface area contributed by atoms with E-state index >= 15 is 0 Å². The molecule has 6 heteroatoms. The first-order chi connectivity index (χ1) is 12.0. The van der Waals surface area contributed by atoms with E-state index in [4.69, 9.17) is 13.9 Å². The first-order valence-electron chi connectivity index (χ1n) is 8.51. The van der Waals surface area contributed by atoms with Crippen molar-refractivity contribution in [3.63, 3.8) is 0 Å². The van der Waals surface area contributed by atoms with Crippen molar-refractivity contribution in [2.24, 2.45) is 5.92 Å². The van der Waals surface area contributed by atoms with Crippen molar-refractivity contribution in [3.05, 3.63) is 29.5 Å². The molecule has 2 heterocycles. The number of nitrogens with zero attached hydrogens (tertiary/aromatic N) is 1. The highest BCUT2D eigenvalue weighted by atomic mass is 16.5. The van der Waals surface area contributed by atoms with Crippen LogP contribution in [-0.2, 0) is 9.53 Å². The summed E-state index contributed by atoms with van der Waals surface area (Å²) in [5, 5.41) is 0.794. The quantitative estimate of drug-likeness (QED) is 0.796. The summed E-state index contributed by atoms with van der Waals surface area (Å²) in [7, 11) is 1.58. The van der Waals surface area contributed by atoms with Crippen molar-refractivity contribution in [2.45, 2.75) is 26.7 Å². The van der Waals surface area contributed by atoms with E-state index in [0.717, 1.165) is 31.3 Å². The molecular formula is C19H23NO5. The summed E-state index contributed by atoms with van der Waals surface area (Å²) in [5.41, 5.74) is 1.26. The van der Waals surface area contributed by atoms with E-state index < -0.39 is 5.97 Å². The van der Waals surface area contributed by atoms with E-state index in [1.54, 1.807) is 31.1 Å². The Morgan fingerprint density at radius 2 is 2.16 bits per heavy atom. The summed E-state index contributed by atoms with van der Waals surface area (Å²) >= 11 is 0. The molecule has 1 aliphatic heterocycles. The van der Waals surface area contributed by atoms with Crippen LogP contribution in [0.4, 0.5) is 0 Å². The molecule has 0 bridgehead atoms. The molecule has 134 valence electrons. The minimum Gasteiger partial charge on any atom is -0.497 e. The molecule has 1 saturated heterocycles. The number of hydrogen-bond acceptors (Lipinski definition) is 5. The topological polar surface area (TPSA) is 69.0 Å². The number of ether oxygens (including phenoxy) is 2. The van der Waals surface area contributed by atoms with Crippen LogP contribution in [0.15, 0.2) is 22.6 Å². The van der Waals surface area contributed by atoms with Gasteiger partial charge in [-0.05, 0) is 43.9 Å². The summed E-state index contributed by atoms with van der Waals surface area (Å²) in [4.78, 5) is 26.3. The molecular weight excluding hydrogens is 322 g/mol. The zero-order chi connectivity index (χ0) is 18.0. The second kappa shape index (κ2) is 7.17. The Morgan fingerprint density at radius 1 is 1.36 bits per heavy atom. The van der Waals surface area contributed by atoms with Crippen molar-refractivity contribution < 1.29 is 23.5 Å². The van der Waals surface area contributed by atoms with Crippen LogP contribution in [0.1, 0.15) is 35.9 Å². The molecule has 0 unspecified atom stereocenters. The van der Waals surface area contributed by atoms with Crippen LogP contribution in [0.2, 0.25) is 0 Å². The minimum atomic E-state index is -0.619. The molecule has 1 aromatic heterocycles. The van der Waals surface area contributed by atoms with Gasteiger partial charge in [0.25, 0.3) is 5.91 Å². The van der Waals surface area contributed by atoms with Gasteiger partial charge in [0, 0.05) is 24.0 Å². The van der Waals surface area contributed by atoms with Crippen molar-refractivity contribution in [3.8, 4) is 5.75 Å². The third kappa shape index (κ3) is 3.62. The number of fused-ring (bicyclic) bond motifs is 1.